The molecule has 0 radical (unpaired) electrons. The molecule has 8 nitrogen and oxygen atoms in total. The molecule has 1 aromatic rings. The van der Waals surface area contributed by atoms with Gasteiger partial charge in [-0.15, -0.1) is 0 Å². The Bertz CT molecular complexity index is 951. The standard InChI is InChI=1S/C26H39ClN2O6/c1-8-19(15-22(24(27)28-5)35-14-10-13-32-6)16-23(26(3,4)18-33-7)29-12-11-21(30)20(17-29)25(31)34-9-2/h11-12,15,17,23H,5,8-10,13-14,16,18H2,1-4,6-7H3/b19-15+,24-22+. The molecule has 196 valence electrons. The van der Waals surface area contributed by atoms with Crippen LogP contribution in [0, 0.1) is 5.41 Å². The lowest BCUT2D eigenvalue weighted by atomic mass is 9.80. The van der Waals surface area contributed by atoms with Gasteiger partial charge in [-0.25, -0.2) is 9.79 Å². The van der Waals surface area contributed by atoms with Gasteiger partial charge in [0.25, 0.3) is 0 Å². The second kappa shape index (κ2) is 15.5. The molecule has 0 aromatic carbocycles. The maximum atomic E-state index is 12.4. The summed E-state index contributed by atoms with van der Waals surface area (Å²) in [5, 5.41) is 0.175. The monoisotopic (exact) mass is 510 g/mol. The van der Waals surface area contributed by atoms with Crippen molar-refractivity contribution in [2.45, 2.75) is 53.0 Å². The normalized spacial score (nSPS) is 13.7. The van der Waals surface area contributed by atoms with Crippen LogP contribution in [-0.2, 0) is 18.9 Å². The van der Waals surface area contributed by atoms with Crippen LogP contribution in [0.4, 0.5) is 0 Å². The van der Waals surface area contributed by atoms with Gasteiger partial charge in [0, 0.05) is 57.2 Å². The van der Waals surface area contributed by atoms with E-state index in [-0.39, 0.29) is 34.2 Å². The number of ether oxygens (including phenoxy) is 4. The Morgan fingerprint density at radius 1 is 1.23 bits per heavy atom. The van der Waals surface area contributed by atoms with Gasteiger partial charge < -0.3 is 23.5 Å². The number of aliphatic imine (C=N–C) groups is 1. The third-order valence-corrected chi connectivity index (χ3v) is 5.86. The molecule has 0 spiro atoms. The van der Waals surface area contributed by atoms with Crippen LogP contribution in [0.2, 0.25) is 0 Å². The Morgan fingerprint density at radius 3 is 2.51 bits per heavy atom. The molecular formula is C26H39ClN2O6. The molecule has 0 bridgehead atoms. The molecule has 0 saturated heterocycles. The highest BCUT2D eigenvalue weighted by Gasteiger charge is 2.32. The maximum Gasteiger partial charge on any atom is 0.343 e. The first-order valence-corrected chi connectivity index (χ1v) is 12.1. The van der Waals surface area contributed by atoms with E-state index in [4.69, 9.17) is 30.5 Å². The summed E-state index contributed by atoms with van der Waals surface area (Å²) in [5.74, 6) is -0.204. The van der Waals surface area contributed by atoms with Gasteiger partial charge in [-0.05, 0) is 32.6 Å². The number of halogens is 1. The van der Waals surface area contributed by atoms with E-state index in [0.29, 0.717) is 38.4 Å². The third kappa shape index (κ3) is 9.63. The lowest BCUT2D eigenvalue weighted by molar-refractivity contribution is 0.0516. The fourth-order valence-corrected chi connectivity index (χ4v) is 3.78. The SMILES string of the molecule is C=N/C(Cl)=C(\C=C(/CC)CC(n1ccc(=O)c(C(=O)OCC)c1)C(C)(C)COC)OCCCOC. The van der Waals surface area contributed by atoms with Crippen LogP contribution >= 0.6 is 11.6 Å². The molecule has 1 unspecified atom stereocenters. The number of hydrogen-bond donors (Lipinski definition) is 0. The van der Waals surface area contributed by atoms with Crippen LogP contribution in [0.5, 0.6) is 0 Å². The van der Waals surface area contributed by atoms with Crippen LogP contribution in [0.15, 0.2) is 50.8 Å². The first-order chi connectivity index (χ1) is 16.6. The summed E-state index contributed by atoms with van der Waals surface area (Å²) >= 11 is 6.28. The van der Waals surface area contributed by atoms with Crippen molar-refractivity contribution in [3.8, 4) is 0 Å². The Balaban J connectivity index is 3.45. The van der Waals surface area contributed by atoms with Gasteiger partial charge in [-0.2, -0.15) is 0 Å². The van der Waals surface area contributed by atoms with E-state index in [1.165, 1.54) is 6.07 Å². The molecular weight excluding hydrogens is 472 g/mol. The topological polar surface area (TPSA) is 88.4 Å². The zero-order valence-electron chi connectivity index (χ0n) is 21.8. The van der Waals surface area contributed by atoms with Crippen molar-refractivity contribution >= 4 is 24.3 Å². The zero-order valence-corrected chi connectivity index (χ0v) is 22.5. The van der Waals surface area contributed by atoms with Gasteiger partial charge in [0.05, 0.1) is 19.8 Å². The van der Waals surface area contributed by atoms with E-state index < -0.39 is 5.97 Å². The minimum atomic E-state index is -0.639. The van der Waals surface area contributed by atoms with Crippen molar-refractivity contribution in [3.63, 3.8) is 0 Å². The van der Waals surface area contributed by atoms with Crippen LogP contribution in [0.1, 0.15) is 63.4 Å². The van der Waals surface area contributed by atoms with Gasteiger partial charge in [0.1, 0.15) is 5.56 Å². The molecule has 0 amide bonds. The molecule has 1 rings (SSSR count). The van der Waals surface area contributed by atoms with E-state index in [1.807, 2.05) is 17.6 Å². The van der Waals surface area contributed by atoms with Crippen molar-refractivity contribution in [2.24, 2.45) is 10.4 Å². The number of pyridine rings is 1. The minimum Gasteiger partial charge on any atom is -0.490 e. The van der Waals surface area contributed by atoms with E-state index in [2.05, 4.69) is 25.6 Å². The predicted octanol–water partition coefficient (Wildman–Crippen LogP) is 5.13. The average Bonchev–Trinajstić information content (AvgIpc) is 2.83. The van der Waals surface area contributed by atoms with Crippen molar-refractivity contribution in [3.05, 3.63) is 56.8 Å². The molecule has 35 heavy (non-hydrogen) atoms. The highest BCUT2D eigenvalue weighted by Crippen LogP contribution is 2.37. The molecule has 0 fully saturated rings. The van der Waals surface area contributed by atoms with E-state index >= 15 is 0 Å². The van der Waals surface area contributed by atoms with Gasteiger partial charge >= 0.3 is 5.97 Å². The Kier molecular flexibility index (Phi) is 13.6. The summed E-state index contributed by atoms with van der Waals surface area (Å²) in [4.78, 5) is 28.5. The van der Waals surface area contributed by atoms with Crippen molar-refractivity contribution in [2.75, 3.05) is 40.6 Å². The molecule has 0 aliphatic heterocycles. The number of aromatic nitrogens is 1. The van der Waals surface area contributed by atoms with Crippen molar-refractivity contribution < 1.29 is 23.7 Å². The number of allylic oxidation sites excluding steroid dienone is 2. The van der Waals surface area contributed by atoms with E-state index in [0.717, 1.165) is 12.0 Å². The highest BCUT2D eigenvalue weighted by atomic mass is 35.5. The number of carbonyl (C=O) groups excluding carboxylic acids is 1. The molecule has 1 atom stereocenters. The third-order valence-electron chi connectivity index (χ3n) is 5.55. The van der Waals surface area contributed by atoms with Gasteiger partial charge in [0.15, 0.2) is 16.3 Å². The Labute approximate surface area is 213 Å². The van der Waals surface area contributed by atoms with Crippen LogP contribution < -0.4 is 5.43 Å². The molecule has 0 aliphatic carbocycles. The Morgan fingerprint density at radius 2 is 1.94 bits per heavy atom. The van der Waals surface area contributed by atoms with Gasteiger partial charge in [-0.1, -0.05) is 37.9 Å². The van der Waals surface area contributed by atoms with Crippen LogP contribution in [0.25, 0.3) is 0 Å². The van der Waals surface area contributed by atoms with Crippen LogP contribution in [-0.4, -0.2) is 57.9 Å². The summed E-state index contributed by atoms with van der Waals surface area (Å²) in [7, 11) is 3.28. The van der Waals surface area contributed by atoms with Gasteiger partial charge in [-0.3, -0.25) is 4.79 Å². The molecule has 0 saturated carbocycles. The largest absolute Gasteiger partial charge is 0.490 e. The van der Waals surface area contributed by atoms with E-state index in [1.54, 1.807) is 33.5 Å². The lowest BCUT2D eigenvalue weighted by Crippen LogP contribution is -2.33. The predicted molar refractivity (Wildman–Crippen MR) is 139 cm³/mol. The average molecular weight is 511 g/mol. The zero-order chi connectivity index (χ0) is 26.4. The number of esters is 1. The highest BCUT2D eigenvalue weighted by molar-refractivity contribution is 6.30. The summed E-state index contributed by atoms with van der Waals surface area (Å²) < 4.78 is 23.4. The number of nitrogens with zero attached hydrogens (tertiary/aromatic N) is 2. The fourth-order valence-electron chi connectivity index (χ4n) is 3.67. The van der Waals surface area contributed by atoms with Crippen molar-refractivity contribution in [1.29, 1.82) is 0 Å². The second-order valence-corrected chi connectivity index (χ2v) is 9.05. The number of methoxy groups -OCH3 is 2. The second-order valence-electron chi connectivity index (χ2n) is 8.70. The quantitative estimate of drug-likeness (QED) is 0.0765. The first-order valence-electron chi connectivity index (χ1n) is 11.7. The Hall–Kier alpha value is -2.42. The summed E-state index contributed by atoms with van der Waals surface area (Å²) in [6.45, 7) is 13.0. The van der Waals surface area contributed by atoms with Crippen LogP contribution in [0.3, 0.4) is 0 Å². The molecule has 1 heterocycles. The van der Waals surface area contributed by atoms with Crippen molar-refractivity contribution in [1.82, 2.24) is 4.57 Å². The van der Waals surface area contributed by atoms with E-state index in [9.17, 15) is 9.59 Å². The molecule has 1 aromatic heterocycles. The summed E-state index contributed by atoms with van der Waals surface area (Å²) in [6, 6.07) is 1.23. The lowest BCUT2D eigenvalue weighted by Gasteiger charge is -2.36. The maximum absolute atomic E-state index is 12.4. The molecule has 0 N–H and O–H groups in total. The number of hydrogen-bond acceptors (Lipinski definition) is 7. The number of rotatable bonds is 16. The summed E-state index contributed by atoms with van der Waals surface area (Å²) in [5.41, 5.74) is 0.302. The van der Waals surface area contributed by atoms with Gasteiger partial charge in [0.2, 0.25) is 0 Å². The smallest absolute Gasteiger partial charge is 0.343 e. The molecule has 9 heteroatoms. The fraction of sp³-hybridized carbons (Fsp3) is 0.577. The summed E-state index contributed by atoms with van der Waals surface area (Å²) in [6.07, 6.45) is 7.15. The number of carbonyl (C=O) groups is 1. The minimum absolute atomic E-state index is 0.00411. The first kappa shape index (κ1) is 30.6. The molecule has 0 aliphatic rings.